The molecule has 0 bridgehead atoms. The number of carboxylic acids is 3. The molecule has 23 nitrogen and oxygen atoms in total. The number of amides is 1. The number of benzene rings is 1. The minimum absolute atomic E-state index is 0.0478. The van der Waals surface area contributed by atoms with Crippen LogP contribution in [0.2, 0.25) is 5.02 Å². The SMILES string of the molecule is COc1ccc(CNc2nc(N3CCC[C@H]3COC(=O)OCCCCCCO[N+](=O)[O-])ncc2C(=O)NCc2ncccn2)cc1Cl.O=C(O)CC(O)(CC(=O)O)C(=O)O. The van der Waals surface area contributed by atoms with Gasteiger partial charge >= 0.3 is 24.1 Å². The largest absolute Gasteiger partial charge is 0.508 e. The van der Waals surface area contributed by atoms with Crippen molar-refractivity contribution in [3.8, 4) is 5.75 Å². The molecule has 1 fully saturated rings. The first kappa shape index (κ1) is 47.8. The topological polar surface area (TPSA) is 325 Å². The summed E-state index contributed by atoms with van der Waals surface area (Å²) in [6.45, 7) is 1.37. The molecule has 1 saturated heterocycles. The van der Waals surface area contributed by atoms with Gasteiger partial charge in [-0.1, -0.05) is 24.1 Å². The Bertz CT molecular complexity index is 1910. The molecule has 0 spiro atoms. The van der Waals surface area contributed by atoms with Gasteiger partial charge in [0, 0.05) is 31.7 Å². The van der Waals surface area contributed by atoms with E-state index in [0.29, 0.717) is 54.3 Å². The minimum Gasteiger partial charge on any atom is -0.495 e. The molecular weight excluding hydrogens is 820 g/mol. The standard InChI is InChI=1S/C30H37ClN8O8.C6H8O7/c1-44-25-10-9-21(16-24(25)31)17-34-27-23(28(40)35-19-26-32-11-7-12-33-26)18-36-29(37-27)38-13-6-8-22(38)20-46-30(41)45-14-4-2-3-5-15-47-39(42)43;7-3(8)1-6(13,5(11)12)2-4(9)10/h7,9-12,16,18,22H,2-6,8,13-15,17,19-20H2,1H3,(H,35,40)(H,34,36,37);13H,1-2H2,(H,7,8)(H,9,10)(H,11,12)/t22-;/m0./s1. The molecule has 4 rings (SSSR count). The molecule has 3 aromatic rings. The third-order valence-corrected chi connectivity index (χ3v) is 8.79. The van der Waals surface area contributed by atoms with Crippen molar-refractivity contribution >= 4 is 53.3 Å². The number of aliphatic carboxylic acids is 3. The fourth-order valence-corrected chi connectivity index (χ4v) is 5.82. The van der Waals surface area contributed by atoms with Gasteiger partial charge in [0.15, 0.2) is 5.60 Å². The molecule has 1 aliphatic heterocycles. The fraction of sp³-hybridized carbons (Fsp3) is 0.472. The van der Waals surface area contributed by atoms with Gasteiger partial charge in [-0.3, -0.25) is 14.4 Å². The normalized spacial score (nSPS) is 13.2. The number of ether oxygens (including phenoxy) is 3. The predicted octanol–water partition coefficient (Wildman–Crippen LogP) is 3.11. The third-order valence-electron chi connectivity index (χ3n) is 8.49. The number of halogens is 1. The van der Waals surface area contributed by atoms with Crippen LogP contribution in [-0.2, 0) is 41.8 Å². The lowest BCUT2D eigenvalue weighted by Gasteiger charge is -2.25. The second kappa shape index (κ2) is 24.3. The number of carbonyl (C=O) groups is 5. The van der Waals surface area contributed by atoms with Gasteiger partial charge in [0.2, 0.25) is 5.95 Å². The van der Waals surface area contributed by atoms with Crippen LogP contribution in [0.1, 0.15) is 73.1 Å². The molecule has 1 aromatic carbocycles. The maximum atomic E-state index is 13.2. The number of hydrogen-bond acceptors (Lipinski definition) is 18. The summed E-state index contributed by atoms with van der Waals surface area (Å²) in [5.41, 5.74) is -1.67. The van der Waals surface area contributed by atoms with Gasteiger partial charge in [0.25, 0.3) is 11.0 Å². The number of rotatable bonds is 23. The number of aliphatic hydroxyl groups is 1. The van der Waals surface area contributed by atoms with Gasteiger partial charge in [-0.15, -0.1) is 10.1 Å². The molecule has 0 aliphatic carbocycles. The molecule has 3 heterocycles. The lowest BCUT2D eigenvalue weighted by Crippen LogP contribution is -2.42. The van der Waals surface area contributed by atoms with E-state index in [-0.39, 0.29) is 38.0 Å². The highest BCUT2D eigenvalue weighted by atomic mass is 35.5. The van der Waals surface area contributed by atoms with E-state index in [4.69, 9.17) is 51.2 Å². The number of nitrogens with one attached hydrogen (secondary N) is 2. The molecule has 326 valence electrons. The Kier molecular flexibility index (Phi) is 19.4. The number of methoxy groups -OCH3 is 1. The van der Waals surface area contributed by atoms with Gasteiger partial charge in [-0.05, 0) is 55.9 Å². The summed E-state index contributed by atoms with van der Waals surface area (Å²) in [5.74, 6) is -3.73. The van der Waals surface area contributed by atoms with Crippen molar-refractivity contribution in [2.45, 2.75) is 76.1 Å². The summed E-state index contributed by atoms with van der Waals surface area (Å²) >= 11 is 6.31. The number of unbranched alkanes of at least 4 members (excludes halogenated alkanes) is 3. The maximum absolute atomic E-state index is 13.2. The van der Waals surface area contributed by atoms with E-state index in [9.17, 15) is 34.1 Å². The molecule has 24 heteroatoms. The lowest BCUT2D eigenvalue weighted by atomic mass is 9.96. The predicted molar refractivity (Wildman–Crippen MR) is 207 cm³/mol. The average Bonchev–Trinajstić information content (AvgIpc) is 3.68. The molecule has 0 saturated carbocycles. The van der Waals surface area contributed by atoms with Crippen LogP contribution in [0.4, 0.5) is 16.6 Å². The highest BCUT2D eigenvalue weighted by Crippen LogP contribution is 2.28. The fourth-order valence-electron chi connectivity index (χ4n) is 5.54. The zero-order valence-corrected chi connectivity index (χ0v) is 33.1. The van der Waals surface area contributed by atoms with Crippen LogP contribution in [0.15, 0.2) is 42.9 Å². The zero-order chi connectivity index (χ0) is 44.1. The number of carboxylic acid groups (broad SMARTS) is 3. The Balaban J connectivity index is 0.000000636. The average molecular weight is 865 g/mol. The van der Waals surface area contributed by atoms with Gasteiger partial charge in [-0.25, -0.2) is 24.5 Å². The first-order chi connectivity index (χ1) is 28.6. The molecule has 1 aliphatic rings. The first-order valence-corrected chi connectivity index (χ1v) is 18.7. The van der Waals surface area contributed by atoms with Crippen LogP contribution < -0.4 is 20.3 Å². The quantitative estimate of drug-likeness (QED) is 0.0345. The number of aromatic nitrogens is 4. The molecule has 6 N–H and O–H groups in total. The van der Waals surface area contributed by atoms with Crippen molar-refractivity contribution < 1.29 is 68.5 Å². The minimum atomic E-state index is -2.74. The van der Waals surface area contributed by atoms with E-state index < -0.39 is 53.5 Å². The highest BCUT2D eigenvalue weighted by molar-refractivity contribution is 6.32. The van der Waals surface area contributed by atoms with Crippen molar-refractivity contribution in [1.82, 2.24) is 25.3 Å². The summed E-state index contributed by atoms with van der Waals surface area (Å²) in [5, 5.41) is 49.7. The molecule has 60 heavy (non-hydrogen) atoms. The summed E-state index contributed by atoms with van der Waals surface area (Å²) in [7, 11) is 1.54. The number of anilines is 2. The first-order valence-electron chi connectivity index (χ1n) is 18.3. The Morgan fingerprint density at radius 2 is 1.67 bits per heavy atom. The van der Waals surface area contributed by atoms with Crippen LogP contribution in [0, 0.1) is 10.1 Å². The van der Waals surface area contributed by atoms with E-state index in [1.165, 1.54) is 6.20 Å². The monoisotopic (exact) mass is 864 g/mol. The van der Waals surface area contributed by atoms with Crippen LogP contribution in [0.5, 0.6) is 5.75 Å². The van der Waals surface area contributed by atoms with E-state index in [2.05, 4.69) is 30.4 Å². The second-order valence-corrected chi connectivity index (χ2v) is 13.4. The second-order valence-electron chi connectivity index (χ2n) is 13.0. The van der Waals surface area contributed by atoms with Crippen LogP contribution in [-0.4, -0.2) is 121 Å². The van der Waals surface area contributed by atoms with Crippen molar-refractivity contribution in [1.29, 1.82) is 0 Å². The van der Waals surface area contributed by atoms with Gasteiger partial charge in [0.1, 0.15) is 29.6 Å². The van der Waals surface area contributed by atoms with E-state index in [1.807, 2.05) is 11.0 Å². The molecule has 0 radical (unpaired) electrons. The van der Waals surface area contributed by atoms with E-state index >= 15 is 0 Å². The smallest absolute Gasteiger partial charge is 0.495 e. The highest BCUT2D eigenvalue weighted by Gasteiger charge is 2.40. The van der Waals surface area contributed by atoms with E-state index in [1.54, 1.807) is 37.7 Å². The molecule has 2 aromatic heterocycles. The van der Waals surface area contributed by atoms with Gasteiger partial charge in [-0.2, -0.15) is 4.98 Å². The summed E-state index contributed by atoms with van der Waals surface area (Å²) < 4.78 is 15.8. The summed E-state index contributed by atoms with van der Waals surface area (Å²) in [4.78, 5) is 89.8. The van der Waals surface area contributed by atoms with Crippen molar-refractivity contribution in [2.24, 2.45) is 0 Å². The Morgan fingerprint density at radius 1 is 0.983 bits per heavy atom. The molecular formula is C36H45ClN8O15. The Hall–Kier alpha value is -6.62. The van der Waals surface area contributed by atoms with Crippen molar-refractivity contribution in [3.63, 3.8) is 0 Å². The number of hydrogen-bond donors (Lipinski definition) is 6. The maximum Gasteiger partial charge on any atom is 0.508 e. The van der Waals surface area contributed by atoms with Crippen LogP contribution in [0.25, 0.3) is 0 Å². The number of nitrogens with zero attached hydrogens (tertiary/aromatic N) is 6. The number of carbonyl (C=O) groups excluding carboxylic acids is 2. The summed E-state index contributed by atoms with van der Waals surface area (Å²) in [6, 6.07) is 6.89. The zero-order valence-electron chi connectivity index (χ0n) is 32.4. The van der Waals surface area contributed by atoms with Gasteiger partial charge in [0.05, 0.1) is 50.8 Å². The van der Waals surface area contributed by atoms with Gasteiger partial charge < -0.3 is 55.0 Å². The van der Waals surface area contributed by atoms with Crippen molar-refractivity contribution in [3.05, 3.63) is 74.9 Å². The molecule has 0 unspecified atom stereocenters. The van der Waals surface area contributed by atoms with Crippen molar-refractivity contribution in [2.75, 3.05) is 43.7 Å². The Labute approximate surface area is 347 Å². The lowest BCUT2D eigenvalue weighted by molar-refractivity contribution is -0.757. The summed E-state index contributed by atoms with van der Waals surface area (Å²) in [6.07, 6.45) is 5.77. The molecule has 1 atom stereocenters. The van der Waals surface area contributed by atoms with Crippen LogP contribution in [0.3, 0.4) is 0 Å². The van der Waals surface area contributed by atoms with E-state index in [0.717, 1.165) is 31.2 Å². The molecule has 1 amide bonds. The van der Waals surface area contributed by atoms with Crippen LogP contribution >= 0.6 is 11.6 Å². The third kappa shape index (κ3) is 16.3. The Morgan fingerprint density at radius 3 is 2.28 bits per heavy atom.